The van der Waals surface area contributed by atoms with E-state index in [2.05, 4.69) is 25.7 Å². The molecule has 0 radical (unpaired) electrons. The Hall–Kier alpha value is -0.220. The van der Waals surface area contributed by atoms with Gasteiger partial charge in [0.15, 0.2) is 0 Å². The summed E-state index contributed by atoms with van der Waals surface area (Å²) in [4.78, 5) is 4.32. The summed E-state index contributed by atoms with van der Waals surface area (Å²) in [6.45, 7) is 18.8. The molecular weight excluding hydrogens is 366 g/mol. The van der Waals surface area contributed by atoms with Gasteiger partial charge in [0.05, 0.1) is 6.54 Å². The molecule has 1 saturated carbocycles. The van der Waals surface area contributed by atoms with Crippen LogP contribution in [0.1, 0.15) is 93.4 Å². The second-order valence-electron chi connectivity index (χ2n) is 9.69. The third kappa shape index (κ3) is 7.76. The maximum Gasteiger partial charge on any atom is 0.264 e. The van der Waals surface area contributed by atoms with E-state index in [0.717, 1.165) is 32.1 Å². The molecule has 29 heavy (non-hydrogen) atoms. The summed E-state index contributed by atoms with van der Waals surface area (Å²) >= 11 is 0. The number of piperidine rings is 2. The maximum absolute atomic E-state index is 14.6. The van der Waals surface area contributed by atoms with E-state index in [0.29, 0.717) is 24.3 Å². The fourth-order valence-electron chi connectivity index (χ4n) is 5.60. The van der Waals surface area contributed by atoms with Crippen LogP contribution < -0.4 is 0 Å². The minimum Gasteiger partial charge on any atom is -0.303 e. The summed E-state index contributed by atoms with van der Waals surface area (Å²) in [6, 6.07) is 0. The van der Waals surface area contributed by atoms with Crippen molar-refractivity contribution in [2.75, 3.05) is 39.3 Å². The molecule has 2 nitrogen and oxygen atoms in total. The molecule has 2 heterocycles. The smallest absolute Gasteiger partial charge is 0.264 e. The third-order valence-corrected chi connectivity index (χ3v) is 7.23. The number of halogens is 2. The molecule has 1 spiro atoms. The van der Waals surface area contributed by atoms with Gasteiger partial charge >= 0.3 is 0 Å². The van der Waals surface area contributed by atoms with Gasteiger partial charge < -0.3 is 4.90 Å². The molecule has 4 heteroatoms. The first-order valence-electron chi connectivity index (χ1n) is 12.6. The highest BCUT2D eigenvalue weighted by atomic mass is 19.3. The molecule has 0 aromatic rings. The van der Waals surface area contributed by atoms with E-state index >= 15 is 0 Å². The molecule has 0 aromatic carbocycles. The minimum atomic E-state index is -2.52. The lowest BCUT2D eigenvalue weighted by molar-refractivity contribution is -0.122. The summed E-state index contributed by atoms with van der Waals surface area (Å²) in [6.07, 6.45) is 8.60. The van der Waals surface area contributed by atoms with E-state index in [1.165, 1.54) is 38.5 Å². The van der Waals surface area contributed by atoms with Gasteiger partial charge in [0, 0.05) is 19.0 Å². The number of hydrogen-bond donors (Lipinski definition) is 0. The first kappa shape index (κ1) is 26.8. The van der Waals surface area contributed by atoms with Gasteiger partial charge in [0.1, 0.15) is 0 Å². The Balaban J connectivity index is 0.000000989. The highest BCUT2D eigenvalue weighted by Gasteiger charge is 2.46. The van der Waals surface area contributed by atoms with Crippen molar-refractivity contribution in [3.05, 3.63) is 0 Å². The van der Waals surface area contributed by atoms with Crippen LogP contribution in [0.2, 0.25) is 0 Å². The van der Waals surface area contributed by atoms with Gasteiger partial charge in [-0.3, -0.25) is 4.90 Å². The van der Waals surface area contributed by atoms with Gasteiger partial charge in [-0.2, -0.15) is 0 Å². The first-order valence-corrected chi connectivity index (χ1v) is 12.6. The molecule has 0 N–H and O–H groups in total. The molecule has 2 saturated heterocycles. The maximum atomic E-state index is 14.6. The second kappa shape index (κ2) is 12.6. The van der Waals surface area contributed by atoms with Gasteiger partial charge in [-0.15, -0.1) is 0 Å². The highest BCUT2D eigenvalue weighted by molar-refractivity contribution is 4.94. The summed E-state index contributed by atoms with van der Waals surface area (Å²) in [5.41, 5.74) is 0.556. The lowest BCUT2D eigenvalue weighted by Crippen LogP contribution is -2.53. The molecule has 0 aromatic heterocycles. The molecule has 174 valence electrons. The number of rotatable bonds is 5. The van der Waals surface area contributed by atoms with Crippen molar-refractivity contribution in [3.8, 4) is 0 Å². The molecular formula is C25H50F2N2. The molecule has 2 aliphatic heterocycles. The topological polar surface area (TPSA) is 6.48 Å². The Morgan fingerprint density at radius 2 is 1.52 bits per heavy atom. The summed E-state index contributed by atoms with van der Waals surface area (Å²) in [5.74, 6) is -1.59. The standard InChI is InChI=1S/C21H38F2N2.2C2H6/c1-4-18-5-7-20(13-18)8-11-24(12-9-20)15-19-6-10-25(14-17(2)3)16-21(19,22)23;2*1-2/h17-19H,4-16H2,1-3H3;2*1-2H3. The van der Waals surface area contributed by atoms with Crippen molar-refractivity contribution in [1.29, 1.82) is 0 Å². The normalized spacial score (nSPS) is 29.2. The van der Waals surface area contributed by atoms with E-state index < -0.39 is 11.8 Å². The van der Waals surface area contributed by atoms with Crippen LogP contribution in [0.25, 0.3) is 0 Å². The summed E-state index contributed by atoms with van der Waals surface area (Å²) in [7, 11) is 0. The Kier molecular flexibility index (Phi) is 11.6. The van der Waals surface area contributed by atoms with Crippen LogP contribution in [0.3, 0.4) is 0 Å². The van der Waals surface area contributed by atoms with Crippen LogP contribution in [0.15, 0.2) is 0 Å². The molecule has 0 amide bonds. The van der Waals surface area contributed by atoms with Crippen LogP contribution in [0.4, 0.5) is 8.78 Å². The van der Waals surface area contributed by atoms with Crippen molar-refractivity contribution in [2.45, 2.75) is 99.3 Å². The zero-order valence-corrected chi connectivity index (χ0v) is 20.6. The monoisotopic (exact) mass is 416 g/mol. The zero-order chi connectivity index (χ0) is 22.1. The van der Waals surface area contributed by atoms with Crippen molar-refractivity contribution >= 4 is 0 Å². The van der Waals surface area contributed by atoms with E-state index in [-0.39, 0.29) is 6.54 Å². The van der Waals surface area contributed by atoms with Crippen LogP contribution in [0, 0.1) is 23.2 Å². The van der Waals surface area contributed by atoms with Gasteiger partial charge in [-0.1, -0.05) is 54.9 Å². The number of likely N-dealkylation sites (tertiary alicyclic amines) is 2. The van der Waals surface area contributed by atoms with E-state index in [1.54, 1.807) is 0 Å². The van der Waals surface area contributed by atoms with Gasteiger partial charge in [0.2, 0.25) is 0 Å². The molecule has 2 unspecified atom stereocenters. The minimum absolute atomic E-state index is 0.0359. The van der Waals surface area contributed by atoms with E-state index in [9.17, 15) is 8.78 Å². The highest BCUT2D eigenvalue weighted by Crippen LogP contribution is 2.50. The predicted octanol–water partition coefficient (Wildman–Crippen LogP) is 6.94. The number of nitrogens with zero attached hydrogens (tertiary/aromatic N) is 2. The number of alkyl halides is 2. The molecule has 3 rings (SSSR count). The molecule has 3 aliphatic rings. The van der Waals surface area contributed by atoms with Crippen LogP contribution in [0.5, 0.6) is 0 Å². The number of hydrogen-bond acceptors (Lipinski definition) is 2. The van der Waals surface area contributed by atoms with Crippen molar-refractivity contribution in [2.24, 2.45) is 23.2 Å². The van der Waals surface area contributed by atoms with E-state index in [1.807, 2.05) is 32.6 Å². The summed E-state index contributed by atoms with van der Waals surface area (Å²) < 4.78 is 29.3. The third-order valence-electron chi connectivity index (χ3n) is 7.23. The van der Waals surface area contributed by atoms with Crippen molar-refractivity contribution < 1.29 is 8.78 Å². The van der Waals surface area contributed by atoms with Crippen LogP contribution in [-0.2, 0) is 0 Å². The van der Waals surface area contributed by atoms with Crippen LogP contribution in [-0.4, -0.2) is 55.0 Å². The lowest BCUT2D eigenvalue weighted by atomic mass is 9.76. The van der Waals surface area contributed by atoms with Crippen molar-refractivity contribution in [3.63, 3.8) is 0 Å². The Bertz CT molecular complexity index is 431. The fourth-order valence-corrected chi connectivity index (χ4v) is 5.60. The molecule has 2 atom stereocenters. The molecule has 0 bridgehead atoms. The summed E-state index contributed by atoms with van der Waals surface area (Å²) in [5, 5.41) is 0. The zero-order valence-electron chi connectivity index (χ0n) is 20.6. The quantitative estimate of drug-likeness (QED) is 0.479. The van der Waals surface area contributed by atoms with Crippen LogP contribution >= 0.6 is 0 Å². The lowest BCUT2D eigenvalue weighted by Gasteiger charge is -2.44. The van der Waals surface area contributed by atoms with Gasteiger partial charge in [-0.05, 0) is 75.4 Å². The average molecular weight is 417 g/mol. The average Bonchev–Trinajstić information content (AvgIpc) is 3.11. The predicted molar refractivity (Wildman–Crippen MR) is 123 cm³/mol. The molecule has 3 fully saturated rings. The van der Waals surface area contributed by atoms with Crippen molar-refractivity contribution in [1.82, 2.24) is 9.80 Å². The molecule has 1 aliphatic carbocycles. The SMILES string of the molecule is CC.CC.CCC1CCC2(CCN(CC3CCN(CC(C)C)CC3(F)F)CC2)C1. The Labute approximate surface area is 180 Å². The van der Waals surface area contributed by atoms with Gasteiger partial charge in [0.25, 0.3) is 5.92 Å². The second-order valence-corrected chi connectivity index (χ2v) is 9.69. The first-order chi connectivity index (χ1) is 13.8. The Morgan fingerprint density at radius 1 is 0.897 bits per heavy atom. The Morgan fingerprint density at radius 3 is 2.00 bits per heavy atom. The fraction of sp³-hybridized carbons (Fsp3) is 1.00. The van der Waals surface area contributed by atoms with E-state index in [4.69, 9.17) is 0 Å². The largest absolute Gasteiger partial charge is 0.303 e. The van der Waals surface area contributed by atoms with Gasteiger partial charge in [-0.25, -0.2) is 8.78 Å².